The fraction of sp³-hybridized carbons (Fsp3) is 0.333. The Balaban J connectivity index is 0.00000484. The zero-order chi connectivity index (χ0) is 16.8. The molecule has 1 aromatic rings. The molecule has 0 radical (unpaired) electrons. The van der Waals surface area contributed by atoms with E-state index in [1.807, 2.05) is 0 Å². The van der Waals surface area contributed by atoms with Gasteiger partial charge in [0.1, 0.15) is 13.2 Å². The summed E-state index contributed by atoms with van der Waals surface area (Å²) in [5.74, 6) is -2.36. The van der Waals surface area contributed by atoms with E-state index >= 15 is 0 Å². The number of hydrogen-bond acceptors (Lipinski definition) is 8. The first-order chi connectivity index (χ1) is 10.3. The average molecular weight is 356 g/mol. The Morgan fingerprint density at radius 3 is 2.09 bits per heavy atom. The second-order valence-electron chi connectivity index (χ2n) is 3.79. The first kappa shape index (κ1) is 22.0. The van der Waals surface area contributed by atoms with Crippen molar-refractivity contribution in [3.8, 4) is 0 Å². The predicted molar refractivity (Wildman–Crippen MR) is 69.8 cm³/mol. The van der Waals surface area contributed by atoms with Crippen LogP contribution in [0.25, 0.3) is 0 Å². The number of aliphatic hydroxyl groups excluding tert-OH is 2. The van der Waals surface area contributed by atoms with Crippen molar-refractivity contribution in [1.29, 1.82) is 0 Å². The van der Waals surface area contributed by atoms with Crippen molar-refractivity contribution in [3.05, 3.63) is 29.3 Å². The molecule has 11 heteroatoms. The molecule has 0 unspecified atom stereocenters. The van der Waals surface area contributed by atoms with Crippen molar-refractivity contribution < 1.29 is 71.8 Å². The maximum absolute atomic E-state index is 11.7. The molecule has 0 aliphatic carbocycles. The second kappa shape index (κ2) is 9.98. The minimum absolute atomic E-state index is 0. The number of hydrogen-bond donors (Lipinski definition) is 3. The van der Waals surface area contributed by atoms with Gasteiger partial charge in [-0.1, -0.05) is 0 Å². The van der Waals surface area contributed by atoms with E-state index in [0.717, 1.165) is 12.1 Å². The molecular weight excluding hydrogens is 343 g/mol. The van der Waals surface area contributed by atoms with Crippen LogP contribution in [0.15, 0.2) is 17.0 Å². The van der Waals surface area contributed by atoms with Crippen LogP contribution in [-0.4, -0.2) is 61.5 Å². The standard InChI is InChI=1S/C12H13O9S.Na/c13-4-6-20-11(15)8-2-1-3-9(10(8)22(17,18)19)12(16)21-7-5-14;/h1-2,13-14H,4-7H2,(H,17,18,19);/q-1;+1. The number of aliphatic hydroxyl groups is 2. The van der Waals surface area contributed by atoms with Gasteiger partial charge in [-0.25, -0.2) is 13.2 Å². The molecule has 0 aromatic heterocycles. The Morgan fingerprint density at radius 1 is 1.09 bits per heavy atom. The quantitative estimate of drug-likeness (QED) is 0.193. The number of ether oxygens (including phenoxy) is 2. The fourth-order valence-electron chi connectivity index (χ4n) is 1.49. The van der Waals surface area contributed by atoms with Crippen LogP contribution in [0.1, 0.15) is 20.7 Å². The molecule has 0 aliphatic rings. The summed E-state index contributed by atoms with van der Waals surface area (Å²) in [6, 6.07) is 4.30. The van der Waals surface area contributed by atoms with Crippen molar-refractivity contribution in [3.63, 3.8) is 0 Å². The van der Waals surface area contributed by atoms with Gasteiger partial charge in [0, 0.05) is 4.90 Å². The number of carbonyl (C=O) groups is 2. The third-order valence-electron chi connectivity index (χ3n) is 2.28. The summed E-state index contributed by atoms with van der Waals surface area (Å²) in [4.78, 5) is 22.5. The van der Waals surface area contributed by atoms with Crippen LogP contribution in [0.5, 0.6) is 0 Å². The molecule has 0 heterocycles. The van der Waals surface area contributed by atoms with Crippen LogP contribution in [0, 0.1) is 6.07 Å². The normalized spacial score (nSPS) is 10.6. The second-order valence-corrected chi connectivity index (χ2v) is 5.15. The summed E-state index contributed by atoms with van der Waals surface area (Å²) in [6.45, 7) is -1.79. The molecule has 0 saturated carbocycles. The molecule has 0 amide bonds. The van der Waals surface area contributed by atoms with E-state index < -0.39 is 64.5 Å². The largest absolute Gasteiger partial charge is 1.00 e. The fourth-order valence-corrected chi connectivity index (χ4v) is 2.32. The first-order valence-corrected chi connectivity index (χ1v) is 7.35. The third-order valence-corrected chi connectivity index (χ3v) is 3.22. The summed E-state index contributed by atoms with van der Waals surface area (Å²) in [5, 5.41) is 17.2. The molecular formula is C12H13NaO9S. The van der Waals surface area contributed by atoms with Crippen molar-refractivity contribution in [2.24, 2.45) is 0 Å². The van der Waals surface area contributed by atoms with E-state index in [-0.39, 0.29) is 29.6 Å². The number of carbonyl (C=O) groups excluding carboxylic acids is 2. The summed E-state index contributed by atoms with van der Waals surface area (Å²) >= 11 is 0. The molecule has 0 bridgehead atoms. The van der Waals surface area contributed by atoms with E-state index in [2.05, 4.69) is 15.5 Å². The SMILES string of the molecule is O=C(OCCO)c1[c-]ccc(C(=O)OCCO)c1S(=O)(=O)O.[Na+]. The van der Waals surface area contributed by atoms with Gasteiger partial charge in [0.25, 0.3) is 16.1 Å². The van der Waals surface area contributed by atoms with E-state index in [4.69, 9.17) is 10.2 Å². The van der Waals surface area contributed by atoms with Crippen molar-refractivity contribution in [2.75, 3.05) is 26.4 Å². The van der Waals surface area contributed by atoms with Crippen molar-refractivity contribution in [1.82, 2.24) is 0 Å². The molecule has 1 aromatic carbocycles. The number of esters is 2. The Labute approximate surface area is 154 Å². The van der Waals surface area contributed by atoms with Crippen LogP contribution < -0.4 is 29.6 Å². The van der Waals surface area contributed by atoms with E-state index in [9.17, 15) is 22.6 Å². The zero-order valence-corrected chi connectivity index (χ0v) is 15.0. The summed E-state index contributed by atoms with van der Waals surface area (Å²) in [7, 11) is -4.96. The summed E-state index contributed by atoms with van der Waals surface area (Å²) in [5.41, 5.74) is -1.31. The Kier molecular flexibility index (Phi) is 9.54. The molecule has 9 nitrogen and oxygen atoms in total. The Morgan fingerprint density at radius 2 is 1.61 bits per heavy atom. The third kappa shape index (κ3) is 6.18. The molecule has 0 saturated heterocycles. The molecule has 23 heavy (non-hydrogen) atoms. The summed E-state index contributed by atoms with van der Waals surface area (Å²) < 4.78 is 41.2. The maximum Gasteiger partial charge on any atom is 1.00 e. The van der Waals surface area contributed by atoms with Crippen LogP contribution in [0.4, 0.5) is 0 Å². The van der Waals surface area contributed by atoms with Crippen LogP contribution in [0.3, 0.4) is 0 Å². The minimum Gasteiger partial charge on any atom is -0.503 e. The van der Waals surface area contributed by atoms with Crippen LogP contribution in [0.2, 0.25) is 0 Å². The molecule has 0 fully saturated rings. The van der Waals surface area contributed by atoms with Crippen LogP contribution >= 0.6 is 0 Å². The molecule has 3 N–H and O–H groups in total. The number of benzene rings is 1. The number of rotatable bonds is 7. The average Bonchev–Trinajstić information content (AvgIpc) is 2.48. The van der Waals surface area contributed by atoms with Gasteiger partial charge in [-0.2, -0.15) is 0 Å². The van der Waals surface area contributed by atoms with E-state index in [1.54, 1.807) is 0 Å². The van der Waals surface area contributed by atoms with Gasteiger partial charge in [-0.3, -0.25) is 4.55 Å². The monoisotopic (exact) mass is 356 g/mol. The van der Waals surface area contributed by atoms with Gasteiger partial charge in [0.2, 0.25) is 0 Å². The van der Waals surface area contributed by atoms with Gasteiger partial charge >= 0.3 is 35.5 Å². The van der Waals surface area contributed by atoms with Gasteiger partial charge < -0.3 is 24.5 Å². The van der Waals surface area contributed by atoms with Crippen molar-refractivity contribution >= 4 is 22.1 Å². The van der Waals surface area contributed by atoms with Crippen molar-refractivity contribution in [2.45, 2.75) is 4.90 Å². The molecule has 0 atom stereocenters. The molecule has 1 rings (SSSR count). The molecule has 0 spiro atoms. The van der Waals surface area contributed by atoms with E-state index in [0.29, 0.717) is 0 Å². The Bertz CT molecular complexity index is 618. The molecule has 122 valence electrons. The minimum atomic E-state index is -4.96. The predicted octanol–water partition coefficient (Wildman–Crippen LogP) is -3.96. The van der Waals surface area contributed by atoms with Gasteiger partial charge in [0.15, 0.2) is 0 Å². The summed E-state index contributed by atoms with van der Waals surface area (Å²) in [6.07, 6.45) is 0. The van der Waals surface area contributed by atoms with Gasteiger partial charge in [0.05, 0.1) is 13.2 Å². The smallest absolute Gasteiger partial charge is 0.503 e. The van der Waals surface area contributed by atoms with Gasteiger partial charge in [-0.05, 0) is 11.1 Å². The zero-order valence-electron chi connectivity index (χ0n) is 12.2. The molecule has 0 aliphatic heterocycles. The maximum atomic E-state index is 11.7. The van der Waals surface area contributed by atoms with Crippen LogP contribution in [-0.2, 0) is 19.6 Å². The van der Waals surface area contributed by atoms with E-state index in [1.165, 1.54) is 0 Å². The van der Waals surface area contributed by atoms with Gasteiger partial charge in [-0.15, -0.1) is 18.2 Å². The Hall–Kier alpha value is -1.01. The first-order valence-electron chi connectivity index (χ1n) is 5.91. The topological polar surface area (TPSA) is 147 Å².